The summed E-state index contributed by atoms with van der Waals surface area (Å²) in [4.78, 5) is 119. The van der Waals surface area contributed by atoms with Crippen LogP contribution in [-0.4, -0.2) is 183 Å². The fourth-order valence-electron chi connectivity index (χ4n) is 11.2. The van der Waals surface area contributed by atoms with Crippen LogP contribution in [-0.2, 0) is 41.2 Å². The SMILES string of the molecule is CCOC(=O)CCc1ccc(Cl)nc1N.Clc1ccc2ncc(Cl)nc2n1.Clc1ccc2ncc(N3CCOCC3)nc2n1.Nc1ccc(Cl)nc1N.Nc1ccc(Cl)nc1[N+](=O)[O-].Nc1nc2cc(-c3ccc4ncc(N5CCOCC5)nc4n3)ccc2o1.Nc1nc2cc(B(O)O)ccc2o1.O=C1CCc2ccc(Cl)nc2N1.O=P(Cl)(Cl)Cl.O=c1cnc2ccc(Cl)nc2[nH]1. The summed E-state index contributed by atoms with van der Waals surface area (Å²) in [6.45, 7) is 8.31. The minimum atomic E-state index is -3.22. The van der Waals surface area contributed by atoms with Crippen LogP contribution < -0.4 is 60.5 Å². The molecule has 0 bridgehead atoms. The Balaban J connectivity index is 0.000000156. The molecule has 0 saturated carbocycles. The number of benzene rings is 2. The molecule has 54 heteroatoms. The lowest BCUT2D eigenvalue weighted by molar-refractivity contribution is -0.388. The lowest BCUT2D eigenvalue weighted by atomic mass is 9.80. The number of nitrogen functional groups attached to an aromatic ring is 6. The number of nitrogens with two attached hydrogens (primary N) is 6. The Bertz CT molecular complexity index is 6800. The van der Waals surface area contributed by atoms with Gasteiger partial charge in [0.25, 0.3) is 17.6 Å². The molecule has 3 aliphatic heterocycles. The van der Waals surface area contributed by atoms with Gasteiger partial charge in [-0.15, -0.1) is 0 Å². The number of hydrogen-bond acceptors (Lipinski definition) is 38. The average molecular weight is 2040 g/mol. The third-order valence-electron chi connectivity index (χ3n) is 17.3. The molecule has 16 N–H and O–H groups in total. The van der Waals surface area contributed by atoms with Gasteiger partial charge in [0.05, 0.1) is 69.2 Å². The summed E-state index contributed by atoms with van der Waals surface area (Å²) in [5.74, 6) is 2.29. The molecule has 14 aromatic heterocycles. The molecule has 132 heavy (non-hydrogen) atoms. The van der Waals surface area contributed by atoms with Crippen molar-refractivity contribution >= 4 is 281 Å². The lowest BCUT2D eigenvalue weighted by Gasteiger charge is -2.27. The highest BCUT2D eigenvalue weighted by atomic mass is 36.0. The first kappa shape index (κ1) is 102. The fourth-order valence-corrected chi connectivity index (χ4v) is 12.4. The van der Waals surface area contributed by atoms with Crippen LogP contribution in [0.3, 0.4) is 0 Å². The van der Waals surface area contributed by atoms with Crippen LogP contribution in [0.5, 0.6) is 0 Å². The molecule has 0 atom stereocenters. The van der Waals surface area contributed by atoms with Crippen LogP contribution in [0.15, 0.2) is 172 Å². The van der Waals surface area contributed by atoms with Crippen molar-refractivity contribution in [2.45, 2.75) is 32.6 Å². The number of ether oxygens (including phenoxy) is 3. The largest absolute Gasteiger partial charge is 0.488 e. The van der Waals surface area contributed by atoms with Gasteiger partial charge in [0.1, 0.15) is 104 Å². The number of amides is 1. The maximum atomic E-state index is 11.1. The number of hydrogen-bond donors (Lipinski definition) is 10. The van der Waals surface area contributed by atoms with Crippen LogP contribution >= 0.6 is 132 Å². The molecule has 2 fully saturated rings. The Labute approximate surface area is 801 Å². The van der Waals surface area contributed by atoms with Crippen LogP contribution in [0.4, 0.5) is 58.3 Å². The maximum Gasteiger partial charge on any atom is 0.488 e. The van der Waals surface area contributed by atoms with Gasteiger partial charge in [-0.05, 0) is 201 Å². The van der Waals surface area contributed by atoms with E-state index < -0.39 is 23.1 Å². The number of fused-ring (bicyclic) bond motifs is 7. The molecule has 0 aliphatic carbocycles. The zero-order valence-electron chi connectivity index (χ0n) is 68.2. The Kier molecular flexibility index (Phi) is 38.1. The van der Waals surface area contributed by atoms with Gasteiger partial charge >= 0.3 is 24.1 Å². The number of anilines is 9. The van der Waals surface area contributed by atoms with Gasteiger partial charge in [0, 0.05) is 50.7 Å². The zero-order chi connectivity index (χ0) is 95.3. The smallest absolute Gasteiger partial charge is 0.466 e. The Morgan fingerprint density at radius 2 is 0.985 bits per heavy atom. The summed E-state index contributed by atoms with van der Waals surface area (Å²) >= 11 is 58.7. The molecule has 2 aromatic carbocycles. The first-order valence-corrected chi connectivity index (χ1v) is 45.6. The van der Waals surface area contributed by atoms with Crippen molar-refractivity contribution in [3.8, 4) is 11.3 Å². The zero-order valence-corrected chi connectivity index (χ0v) is 77.4. The topological polar surface area (TPSA) is 615 Å². The number of rotatable bonds is 9. The quantitative estimate of drug-likeness (QED) is 0.0160. The molecule has 0 radical (unpaired) electrons. The maximum absolute atomic E-state index is 11.1. The molecule has 41 nitrogen and oxygen atoms in total. The number of nitro groups is 1. The number of halogens is 11. The summed E-state index contributed by atoms with van der Waals surface area (Å²) in [5.41, 5.74) is 43.9. The van der Waals surface area contributed by atoms with E-state index in [1.165, 1.54) is 36.7 Å². The average Bonchev–Trinajstić information content (AvgIpc) is 1.75. The van der Waals surface area contributed by atoms with Crippen LogP contribution in [0.25, 0.3) is 78.1 Å². The third kappa shape index (κ3) is 32.4. The van der Waals surface area contributed by atoms with Gasteiger partial charge < -0.3 is 97.7 Å². The summed E-state index contributed by atoms with van der Waals surface area (Å²) in [6.07, 6.45) is 8.36. The van der Waals surface area contributed by atoms with Gasteiger partial charge in [-0.1, -0.05) is 99.4 Å². The molecule has 17 heterocycles. The monoisotopic (exact) mass is 2030 g/mol. The number of oxazole rings is 2. The summed E-state index contributed by atoms with van der Waals surface area (Å²) in [7, 11) is -1.50. The van der Waals surface area contributed by atoms with Gasteiger partial charge in [-0.3, -0.25) is 18.9 Å². The second kappa shape index (κ2) is 49.3. The molecule has 3 aliphatic rings. The van der Waals surface area contributed by atoms with Crippen LogP contribution in [0.1, 0.15) is 30.9 Å². The van der Waals surface area contributed by atoms with Crippen molar-refractivity contribution < 1.29 is 52.2 Å². The molecule has 2 saturated heterocycles. The number of aromatic amines is 1. The number of pyridine rings is 8. The number of aromatic nitrogens is 18. The molecule has 16 aromatic rings. The number of esters is 1. The lowest BCUT2D eigenvalue weighted by Crippen LogP contribution is -2.36. The molecule has 19 rings (SSSR count). The second-order valence-electron chi connectivity index (χ2n) is 26.5. The van der Waals surface area contributed by atoms with Gasteiger partial charge in [-0.25, -0.2) is 69.8 Å². The Morgan fingerprint density at radius 1 is 0.515 bits per heavy atom. The standard InChI is InChI=1S/C18H16N6O2.C11H11ClN4O.C10H13ClN2O2.C8H7ClN2O.C7H7BN2O3.C7H3Cl2N3.C7H4ClN3O.C5H4ClN3O2.C5H6ClN3.Cl3OP/c19-18-22-14-9-11(1-4-15(14)26-18)12-2-3-13-17(21-12)23-16(10-20-13)24-5-7-25-8-6-24;12-9-2-1-8-11(14-9)15-10(7-13-8)16-3-5-17-6-4-16;1-2-15-9(14)6-4-7-3-5-8(11)13-10(7)12;9-6-3-1-5-2-4-7(12)11-8(5)10-6;9-7-10-5-3-4(8(11)12)1-2-6(5)13-7;8-5-2-1-4-7(11-5)12-6(9)3-10-4;8-5-2-1-4-7(10-5)11-6(12)3-9-4;6-4-2-1-3(7)5(8-4)9(10)11;6-4-2-1-3(7)5(8)9-4;1-5(2,3)4/h1-4,9-10H,5-8H2,(H2,19,22);1-2,7H,3-6H2;3,5H,2,4,6H2,1H3,(H2,12,13);1,3H,2,4H2,(H,10,11,12);1-3,11-12H,(H2,9,10);1-3H;1-3H,(H,10,11,12);1-2H,7H2;1-2H,7H2,(H2,8,9);. The summed E-state index contributed by atoms with van der Waals surface area (Å²) in [6, 6.07) is 37.6. The van der Waals surface area contributed by atoms with E-state index in [0.717, 1.165) is 90.9 Å². The van der Waals surface area contributed by atoms with Crippen molar-refractivity contribution in [1.29, 1.82) is 0 Å². The van der Waals surface area contributed by atoms with E-state index in [-0.39, 0.29) is 46.1 Å². The number of aryl methyl sites for hydroxylation is 2. The van der Waals surface area contributed by atoms with Crippen LogP contribution in [0.2, 0.25) is 41.2 Å². The summed E-state index contributed by atoms with van der Waals surface area (Å²) in [5, 5.41) is 30.0. The molecule has 0 spiro atoms. The normalized spacial score (nSPS) is 12.4. The van der Waals surface area contributed by atoms with E-state index in [4.69, 9.17) is 170 Å². The molecular formula is C78H71BCl11N28O13P. The van der Waals surface area contributed by atoms with Gasteiger partial charge in [0.2, 0.25) is 11.1 Å². The van der Waals surface area contributed by atoms with Crippen molar-refractivity contribution in [3.05, 3.63) is 231 Å². The highest BCUT2D eigenvalue weighted by Crippen LogP contribution is 2.61. The predicted molar refractivity (Wildman–Crippen MR) is 512 cm³/mol. The number of nitrogens with zero attached hydrogens (tertiary/aromatic N) is 20. The molecule has 686 valence electrons. The highest BCUT2D eigenvalue weighted by Gasteiger charge is 2.21. The number of morpholine rings is 2. The van der Waals surface area contributed by atoms with E-state index in [1.54, 1.807) is 86.0 Å². The van der Waals surface area contributed by atoms with Crippen LogP contribution in [0, 0.1) is 10.1 Å². The highest BCUT2D eigenvalue weighted by molar-refractivity contribution is 8.24. The summed E-state index contributed by atoms with van der Waals surface area (Å²) < 4.78 is 35.3. The van der Waals surface area contributed by atoms with E-state index in [1.807, 2.05) is 42.5 Å². The molecule has 1 amide bonds. The fraction of sp³-hybridized carbons (Fsp3) is 0.179. The van der Waals surface area contributed by atoms with E-state index >= 15 is 0 Å². The first-order valence-electron chi connectivity index (χ1n) is 38.1. The van der Waals surface area contributed by atoms with E-state index in [0.29, 0.717) is 154 Å². The Morgan fingerprint density at radius 3 is 1.54 bits per heavy atom. The second-order valence-corrected chi connectivity index (χ2v) is 36.2. The third-order valence-corrected chi connectivity index (χ3v) is 18.9. The number of carbonyl (C=O) groups is 2. The van der Waals surface area contributed by atoms with E-state index in [9.17, 15) is 29.1 Å². The van der Waals surface area contributed by atoms with Gasteiger partial charge in [-0.2, -0.15) is 9.97 Å². The van der Waals surface area contributed by atoms with Crippen molar-refractivity contribution in [1.82, 2.24) is 89.7 Å². The van der Waals surface area contributed by atoms with Crippen molar-refractivity contribution in [2.24, 2.45) is 0 Å². The minimum Gasteiger partial charge on any atom is -0.466 e. The minimum absolute atomic E-state index is 0.0114. The number of nitrogens with one attached hydrogen (secondary N) is 2. The van der Waals surface area contributed by atoms with Crippen molar-refractivity contribution in [3.63, 3.8) is 0 Å². The number of H-pyrrole nitrogens is 1. The van der Waals surface area contributed by atoms with Gasteiger partial charge in [0.15, 0.2) is 33.8 Å². The van der Waals surface area contributed by atoms with Crippen molar-refractivity contribution in [2.75, 3.05) is 109 Å². The predicted octanol–water partition coefficient (Wildman–Crippen LogP) is 14.5. The molecule has 0 unspecified atom stereocenters. The van der Waals surface area contributed by atoms with E-state index in [2.05, 4.69) is 129 Å². The molecular weight excluding hydrogens is 1970 g/mol. The Hall–Kier alpha value is -12.2. The first-order chi connectivity index (χ1) is 63.0. The number of carbonyl (C=O) groups excluding carboxylic acids is 2.